The fraction of sp³-hybridized carbons (Fsp3) is 0.467. The molecule has 0 saturated heterocycles. The topological polar surface area (TPSA) is 69.6 Å². The molecule has 5 nitrogen and oxygen atoms in total. The van der Waals surface area contributed by atoms with Gasteiger partial charge in [-0.3, -0.25) is 4.79 Å². The van der Waals surface area contributed by atoms with Crippen molar-refractivity contribution < 1.29 is 19.1 Å². The Kier molecular flexibility index (Phi) is 6.65. The first kappa shape index (κ1) is 16.9. The molecule has 1 unspecified atom stereocenters. The Balaban J connectivity index is 2.48. The summed E-state index contributed by atoms with van der Waals surface area (Å²) in [6.07, 6.45) is 0.510. The number of amides is 2. The monoisotopic (exact) mass is 296 g/mol. The van der Waals surface area contributed by atoms with Crippen LogP contribution in [0.15, 0.2) is 24.3 Å². The average Bonchev–Trinajstić information content (AvgIpc) is 2.41. The fourth-order valence-corrected chi connectivity index (χ4v) is 1.96. The highest BCUT2D eigenvalue weighted by molar-refractivity contribution is 5.75. The number of carboxylic acid groups (broad SMARTS) is 1. The molecule has 0 bridgehead atoms. The summed E-state index contributed by atoms with van der Waals surface area (Å²) in [6, 6.07) is 5.72. The van der Waals surface area contributed by atoms with Crippen LogP contribution in [0.1, 0.15) is 25.8 Å². The number of hydrogen-bond acceptors (Lipinski definition) is 2. The predicted octanol–water partition coefficient (Wildman–Crippen LogP) is 2.26. The van der Waals surface area contributed by atoms with E-state index in [2.05, 4.69) is 5.32 Å². The number of benzene rings is 1. The summed E-state index contributed by atoms with van der Waals surface area (Å²) >= 11 is 0. The highest BCUT2D eigenvalue weighted by atomic mass is 19.1. The molecule has 1 aromatic rings. The highest BCUT2D eigenvalue weighted by Gasteiger charge is 2.15. The second kappa shape index (κ2) is 8.24. The van der Waals surface area contributed by atoms with Gasteiger partial charge in [0.1, 0.15) is 5.82 Å². The number of nitrogens with zero attached hydrogens (tertiary/aromatic N) is 1. The second-order valence-electron chi connectivity index (χ2n) is 4.90. The maximum atomic E-state index is 12.8. The minimum atomic E-state index is -0.930. The fourth-order valence-electron chi connectivity index (χ4n) is 1.96. The lowest BCUT2D eigenvalue weighted by atomic mass is 10.1. The Morgan fingerprint density at radius 2 is 1.95 bits per heavy atom. The molecule has 116 valence electrons. The molecule has 0 aliphatic rings. The van der Waals surface area contributed by atoms with Crippen molar-refractivity contribution in [2.24, 2.45) is 0 Å². The van der Waals surface area contributed by atoms with Crippen LogP contribution < -0.4 is 5.32 Å². The molecule has 2 amide bonds. The van der Waals surface area contributed by atoms with E-state index in [1.807, 2.05) is 6.92 Å². The highest BCUT2D eigenvalue weighted by Crippen LogP contribution is 2.06. The van der Waals surface area contributed by atoms with E-state index in [1.54, 1.807) is 19.1 Å². The Hall–Kier alpha value is -2.11. The van der Waals surface area contributed by atoms with Gasteiger partial charge in [0.25, 0.3) is 0 Å². The molecule has 0 saturated carbocycles. The number of carboxylic acids is 1. The standard InChI is InChI=1S/C15H21FN2O3/c1-3-18(9-8-14(19)20)15(21)17-11(2)10-12-4-6-13(16)7-5-12/h4-7,11H,3,8-10H2,1-2H3,(H,17,21)(H,19,20). The number of carbonyl (C=O) groups is 2. The number of aliphatic carboxylic acids is 1. The van der Waals surface area contributed by atoms with Gasteiger partial charge in [-0.2, -0.15) is 0 Å². The molecule has 0 radical (unpaired) electrons. The van der Waals surface area contributed by atoms with Gasteiger partial charge in [0, 0.05) is 19.1 Å². The second-order valence-corrected chi connectivity index (χ2v) is 4.90. The predicted molar refractivity (Wildman–Crippen MR) is 77.6 cm³/mol. The lowest BCUT2D eigenvalue weighted by molar-refractivity contribution is -0.137. The first-order valence-electron chi connectivity index (χ1n) is 6.94. The summed E-state index contributed by atoms with van der Waals surface area (Å²) in [5.41, 5.74) is 0.929. The molecule has 0 aliphatic carbocycles. The zero-order valence-corrected chi connectivity index (χ0v) is 12.3. The van der Waals surface area contributed by atoms with Crippen LogP contribution in [0.25, 0.3) is 0 Å². The average molecular weight is 296 g/mol. The molecule has 1 rings (SSSR count). The van der Waals surface area contributed by atoms with E-state index >= 15 is 0 Å². The lowest BCUT2D eigenvalue weighted by Crippen LogP contribution is -2.45. The van der Waals surface area contributed by atoms with Crippen LogP contribution in [0.2, 0.25) is 0 Å². The largest absolute Gasteiger partial charge is 0.481 e. The first-order chi connectivity index (χ1) is 9.92. The minimum Gasteiger partial charge on any atom is -0.481 e. The molecule has 1 aromatic carbocycles. The summed E-state index contributed by atoms with van der Waals surface area (Å²) in [4.78, 5) is 24.0. The summed E-state index contributed by atoms with van der Waals surface area (Å²) in [6.45, 7) is 4.28. The van der Waals surface area contributed by atoms with Crippen LogP contribution in [0.4, 0.5) is 9.18 Å². The zero-order chi connectivity index (χ0) is 15.8. The van der Waals surface area contributed by atoms with Crippen molar-refractivity contribution in [3.8, 4) is 0 Å². The van der Waals surface area contributed by atoms with Gasteiger partial charge in [0.2, 0.25) is 0 Å². The van der Waals surface area contributed by atoms with Gasteiger partial charge >= 0.3 is 12.0 Å². The van der Waals surface area contributed by atoms with Gasteiger partial charge in [-0.25, -0.2) is 9.18 Å². The van der Waals surface area contributed by atoms with E-state index in [-0.39, 0.29) is 30.9 Å². The molecule has 21 heavy (non-hydrogen) atoms. The van der Waals surface area contributed by atoms with Crippen LogP contribution in [-0.4, -0.2) is 41.1 Å². The van der Waals surface area contributed by atoms with Gasteiger partial charge < -0.3 is 15.3 Å². The molecule has 6 heteroatoms. The summed E-state index contributed by atoms with van der Waals surface area (Å²) in [5, 5.41) is 11.5. The molecule has 1 atom stereocenters. The summed E-state index contributed by atoms with van der Waals surface area (Å²) < 4.78 is 12.8. The molecule has 0 spiro atoms. The van der Waals surface area contributed by atoms with Gasteiger partial charge in [-0.1, -0.05) is 12.1 Å². The van der Waals surface area contributed by atoms with Crippen molar-refractivity contribution in [2.45, 2.75) is 32.7 Å². The van der Waals surface area contributed by atoms with E-state index in [9.17, 15) is 14.0 Å². The van der Waals surface area contributed by atoms with Crippen molar-refractivity contribution in [2.75, 3.05) is 13.1 Å². The number of hydrogen-bond donors (Lipinski definition) is 2. The number of halogens is 1. The maximum absolute atomic E-state index is 12.8. The first-order valence-corrected chi connectivity index (χ1v) is 6.94. The summed E-state index contributed by atoms with van der Waals surface area (Å²) in [5.74, 6) is -1.22. The summed E-state index contributed by atoms with van der Waals surface area (Å²) in [7, 11) is 0. The third-order valence-corrected chi connectivity index (χ3v) is 3.09. The smallest absolute Gasteiger partial charge is 0.317 e. The van der Waals surface area contributed by atoms with Gasteiger partial charge in [-0.05, 0) is 38.0 Å². The Morgan fingerprint density at radius 1 is 1.33 bits per heavy atom. The van der Waals surface area contributed by atoms with Crippen LogP contribution in [-0.2, 0) is 11.2 Å². The maximum Gasteiger partial charge on any atom is 0.317 e. The molecule has 0 fully saturated rings. The molecule has 0 aromatic heterocycles. The number of nitrogens with one attached hydrogen (secondary N) is 1. The van der Waals surface area contributed by atoms with E-state index in [0.717, 1.165) is 5.56 Å². The van der Waals surface area contributed by atoms with E-state index < -0.39 is 5.97 Å². The SMILES string of the molecule is CCN(CCC(=O)O)C(=O)NC(C)Cc1ccc(F)cc1. The Labute approximate surface area is 123 Å². The Bertz CT molecular complexity index is 476. The van der Waals surface area contributed by atoms with Crippen molar-refractivity contribution in [3.05, 3.63) is 35.6 Å². The molecule has 0 aliphatic heterocycles. The van der Waals surface area contributed by atoms with E-state index in [0.29, 0.717) is 13.0 Å². The number of rotatable bonds is 7. The zero-order valence-electron chi connectivity index (χ0n) is 12.3. The van der Waals surface area contributed by atoms with Crippen LogP contribution >= 0.6 is 0 Å². The van der Waals surface area contributed by atoms with Crippen molar-refractivity contribution in [3.63, 3.8) is 0 Å². The van der Waals surface area contributed by atoms with Crippen LogP contribution in [0.3, 0.4) is 0 Å². The van der Waals surface area contributed by atoms with Crippen molar-refractivity contribution in [1.82, 2.24) is 10.2 Å². The quantitative estimate of drug-likeness (QED) is 0.811. The third-order valence-electron chi connectivity index (χ3n) is 3.09. The van der Waals surface area contributed by atoms with Crippen molar-refractivity contribution >= 4 is 12.0 Å². The van der Waals surface area contributed by atoms with Gasteiger partial charge in [-0.15, -0.1) is 0 Å². The number of carbonyl (C=O) groups excluding carboxylic acids is 1. The van der Waals surface area contributed by atoms with Crippen LogP contribution in [0, 0.1) is 5.82 Å². The van der Waals surface area contributed by atoms with Crippen LogP contribution in [0.5, 0.6) is 0 Å². The molecule has 0 heterocycles. The van der Waals surface area contributed by atoms with Crippen molar-refractivity contribution in [1.29, 1.82) is 0 Å². The number of urea groups is 1. The minimum absolute atomic E-state index is 0.0758. The molecule has 2 N–H and O–H groups in total. The molecular weight excluding hydrogens is 275 g/mol. The molecular formula is C15H21FN2O3. The van der Waals surface area contributed by atoms with Gasteiger partial charge in [0.15, 0.2) is 0 Å². The van der Waals surface area contributed by atoms with Gasteiger partial charge in [0.05, 0.1) is 6.42 Å². The third kappa shape index (κ3) is 6.25. The van der Waals surface area contributed by atoms with E-state index in [1.165, 1.54) is 17.0 Å². The Morgan fingerprint density at radius 3 is 2.48 bits per heavy atom. The van der Waals surface area contributed by atoms with E-state index in [4.69, 9.17) is 5.11 Å². The normalized spacial score (nSPS) is 11.8. The lowest BCUT2D eigenvalue weighted by Gasteiger charge is -2.23.